The Morgan fingerprint density at radius 1 is 1.14 bits per heavy atom. The summed E-state index contributed by atoms with van der Waals surface area (Å²) in [4.78, 5) is 15.9. The van der Waals surface area contributed by atoms with Gasteiger partial charge in [0, 0.05) is 11.7 Å². The summed E-state index contributed by atoms with van der Waals surface area (Å²) in [6, 6.07) is 12.1. The number of hydrogen-bond donors (Lipinski definition) is 3. The monoisotopic (exact) mass is 296 g/mol. The lowest BCUT2D eigenvalue weighted by Gasteiger charge is -2.09. The maximum atomic E-state index is 11.6. The van der Waals surface area contributed by atoms with Crippen LogP contribution in [0.5, 0.6) is 0 Å². The van der Waals surface area contributed by atoms with Gasteiger partial charge in [0.25, 0.3) is 0 Å². The Morgan fingerprint density at radius 3 is 2.45 bits per heavy atom. The van der Waals surface area contributed by atoms with E-state index in [9.17, 15) is 4.79 Å². The molecule has 3 rings (SSSR count). The number of hydrogen-bond acceptors (Lipinski definition) is 3. The van der Waals surface area contributed by atoms with Gasteiger partial charge >= 0.3 is 6.03 Å². The van der Waals surface area contributed by atoms with Crippen molar-refractivity contribution in [3.63, 3.8) is 0 Å². The fourth-order valence-electron chi connectivity index (χ4n) is 2.09. The second kappa shape index (κ2) is 6.47. The molecule has 1 aromatic heterocycles. The van der Waals surface area contributed by atoms with Crippen LogP contribution in [0.25, 0.3) is 0 Å². The minimum atomic E-state index is -0.167. The smallest absolute Gasteiger partial charge is 0.319 e. The van der Waals surface area contributed by atoms with Crippen LogP contribution in [0, 0.1) is 0 Å². The van der Waals surface area contributed by atoms with Gasteiger partial charge in [-0.25, -0.2) is 9.78 Å². The van der Waals surface area contributed by atoms with Crippen molar-refractivity contribution in [2.45, 2.75) is 32.2 Å². The van der Waals surface area contributed by atoms with E-state index in [0.717, 1.165) is 30.8 Å². The summed E-state index contributed by atoms with van der Waals surface area (Å²) in [6.07, 6.45) is 4.83. The molecule has 0 unspecified atom stereocenters. The normalized spacial score (nSPS) is 13.5. The Balaban J connectivity index is 1.56. The van der Waals surface area contributed by atoms with Crippen molar-refractivity contribution in [1.82, 2.24) is 10.3 Å². The summed E-state index contributed by atoms with van der Waals surface area (Å²) in [6.45, 7) is 2.13. The highest BCUT2D eigenvalue weighted by molar-refractivity contribution is 5.89. The molecule has 1 aliphatic carbocycles. The van der Waals surface area contributed by atoms with E-state index >= 15 is 0 Å². The van der Waals surface area contributed by atoms with Gasteiger partial charge in [0.1, 0.15) is 5.82 Å². The van der Waals surface area contributed by atoms with E-state index in [1.165, 1.54) is 5.56 Å². The second-order valence-electron chi connectivity index (χ2n) is 5.48. The van der Waals surface area contributed by atoms with Crippen molar-refractivity contribution < 1.29 is 4.79 Å². The highest BCUT2D eigenvalue weighted by atomic mass is 16.2. The maximum absolute atomic E-state index is 11.6. The van der Waals surface area contributed by atoms with Crippen LogP contribution in [-0.4, -0.2) is 17.1 Å². The first-order valence-corrected chi connectivity index (χ1v) is 7.62. The average Bonchev–Trinajstić information content (AvgIpc) is 3.34. The van der Waals surface area contributed by atoms with E-state index in [1.54, 1.807) is 6.20 Å². The van der Waals surface area contributed by atoms with Crippen LogP contribution in [0.15, 0.2) is 42.6 Å². The van der Waals surface area contributed by atoms with Crippen molar-refractivity contribution in [3.8, 4) is 0 Å². The van der Waals surface area contributed by atoms with Crippen molar-refractivity contribution in [2.75, 3.05) is 10.6 Å². The summed E-state index contributed by atoms with van der Waals surface area (Å²) in [5.74, 6) is 0.748. The third-order valence-electron chi connectivity index (χ3n) is 3.57. The SMILES string of the molecule is CCc1ccc(Nc2ccc(NC(=O)NC3CC3)cn2)cc1. The van der Waals surface area contributed by atoms with Crippen LogP contribution < -0.4 is 16.0 Å². The molecule has 0 spiro atoms. The van der Waals surface area contributed by atoms with Crippen LogP contribution >= 0.6 is 0 Å². The summed E-state index contributed by atoms with van der Waals surface area (Å²) >= 11 is 0. The number of amides is 2. The predicted octanol–water partition coefficient (Wildman–Crippen LogP) is 3.67. The van der Waals surface area contributed by atoms with E-state index in [4.69, 9.17) is 0 Å². The van der Waals surface area contributed by atoms with E-state index in [0.29, 0.717) is 11.7 Å². The first kappa shape index (κ1) is 14.4. The van der Waals surface area contributed by atoms with Crippen molar-refractivity contribution >= 4 is 23.2 Å². The Labute approximate surface area is 130 Å². The molecule has 1 saturated carbocycles. The number of rotatable bonds is 5. The summed E-state index contributed by atoms with van der Waals surface area (Å²) in [5.41, 5.74) is 2.99. The fourth-order valence-corrected chi connectivity index (χ4v) is 2.09. The van der Waals surface area contributed by atoms with E-state index < -0.39 is 0 Å². The van der Waals surface area contributed by atoms with Crippen LogP contribution in [0.3, 0.4) is 0 Å². The first-order chi connectivity index (χ1) is 10.7. The van der Waals surface area contributed by atoms with Gasteiger partial charge in [-0.2, -0.15) is 0 Å². The molecule has 0 saturated heterocycles. The number of carbonyl (C=O) groups is 1. The Hall–Kier alpha value is -2.56. The fraction of sp³-hybridized carbons (Fsp3) is 0.294. The van der Waals surface area contributed by atoms with Crippen LogP contribution in [-0.2, 0) is 6.42 Å². The molecule has 0 aliphatic heterocycles. The highest BCUT2D eigenvalue weighted by Crippen LogP contribution is 2.19. The molecular formula is C17H20N4O. The van der Waals surface area contributed by atoms with Gasteiger partial charge in [0.2, 0.25) is 0 Å². The number of carbonyl (C=O) groups excluding carboxylic acids is 1. The number of aryl methyl sites for hydroxylation is 1. The Bertz CT molecular complexity index is 633. The van der Waals surface area contributed by atoms with Crippen LogP contribution in [0.4, 0.5) is 22.0 Å². The average molecular weight is 296 g/mol. The molecular weight excluding hydrogens is 276 g/mol. The zero-order chi connectivity index (χ0) is 15.4. The molecule has 2 amide bonds. The van der Waals surface area contributed by atoms with Crippen molar-refractivity contribution in [2.24, 2.45) is 0 Å². The molecule has 3 N–H and O–H groups in total. The summed E-state index contributed by atoms with van der Waals surface area (Å²) in [7, 11) is 0. The lowest BCUT2D eigenvalue weighted by Crippen LogP contribution is -2.30. The third-order valence-corrected chi connectivity index (χ3v) is 3.57. The topological polar surface area (TPSA) is 66.0 Å². The van der Waals surface area contributed by atoms with E-state index in [-0.39, 0.29) is 6.03 Å². The summed E-state index contributed by atoms with van der Waals surface area (Å²) < 4.78 is 0. The molecule has 0 radical (unpaired) electrons. The number of nitrogens with zero attached hydrogens (tertiary/aromatic N) is 1. The zero-order valence-corrected chi connectivity index (χ0v) is 12.6. The molecule has 1 aliphatic rings. The van der Waals surface area contributed by atoms with Gasteiger partial charge in [-0.1, -0.05) is 19.1 Å². The highest BCUT2D eigenvalue weighted by Gasteiger charge is 2.23. The van der Waals surface area contributed by atoms with Gasteiger partial charge in [-0.05, 0) is 49.1 Å². The molecule has 1 aromatic carbocycles. The van der Waals surface area contributed by atoms with Gasteiger partial charge in [-0.3, -0.25) is 0 Å². The van der Waals surface area contributed by atoms with Crippen molar-refractivity contribution in [3.05, 3.63) is 48.2 Å². The molecule has 5 nitrogen and oxygen atoms in total. The second-order valence-corrected chi connectivity index (χ2v) is 5.48. The summed E-state index contributed by atoms with van der Waals surface area (Å²) in [5, 5.41) is 8.89. The van der Waals surface area contributed by atoms with Gasteiger partial charge in [0.15, 0.2) is 0 Å². The molecule has 1 heterocycles. The number of pyridine rings is 1. The molecule has 1 fully saturated rings. The predicted molar refractivity (Wildman–Crippen MR) is 88.5 cm³/mol. The van der Waals surface area contributed by atoms with Gasteiger partial charge in [-0.15, -0.1) is 0 Å². The molecule has 2 aromatic rings. The number of nitrogens with one attached hydrogen (secondary N) is 3. The Morgan fingerprint density at radius 2 is 1.86 bits per heavy atom. The minimum absolute atomic E-state index is 0.167. The minimum Gasteiger partial charge on any atom is -0.340 e. The van der Waals surface area contributed by atoms with Gasteiger partial charge < -0.3 is 16.0 Å². The third kappa shape index (κ3) is 3.97. The molecule has 114 valence electrons. The molecule has 0 atom stereocenters. The molecule has 22 heavy (non-hydrogen) atoms. The number of aromatic nitrogens is 1. The standard InChI is InChI=1S/C17H20N4O/c1-2-12-3-5-13(6-4-12)19-16-10-9-15(11-18-16)21-17(22)20-14-7-8-14/h3-6,9-11,14H,2,7-8H2,1H3,(H,18,19)(H2,20,21,22). The van der Waals surface area contributed by atoms with Crippen LogP contribution in [0.1, 0.15) is 25.3 Å². The van der Waals surface area contributed by atoms with E-state index in [2.05, 4.69) is 40.0 Å². The van der Waals surface area contributed by atoms with E-state index in [1.807, 2.05) is 24.3 Å². The zero-order valence-electron chi connectivity index (χ0n) is 12.6. The largest absolute Gasteiger partial charge is 0.340 e. The number of urea groups is 1. The van der Waals surface area contributed by atoms with Crippen molar-refractivity contribution in [1.29, 1.82) is 0 Å². The maximum Gasteiger partial charge on any atom is 0.319 e. The quantitative estimate of drug-likeness (QED) is 0.788. The number of benzene rings is 1. The van der Waals surface area contributed by atoms with Gasteiger partial charge in [0.05, 0.1) is 11.9 Å². The lowest BCUT2D eigenvalue weighted by molar-refractivity contribution is 0.251. The Kier molecular flexibility index (Phi) is 4.23. The lowest BCUT2D eigenvalue weighted by atomic mass is 10.1. The molecule has 0 bridgehead atoms. The first-order valence-electron chi connectivity index (χ1n) is 7.62. The van der Waals surface area contributed by atoms with Crippen LogP contribution in [0.2, 0.25) is 0 Å². The number of anilines is 3. The molecule has 5 heteroatoms.